The average molecular weight is 297 g/mol. The van der Waals surface area contributed by atoms with Crippen LogP contribution in [0.2, 0.25) is 0 Å². The molecular weight excluding hydrogens is 276 g/mol. The summed E-state index contributed by atoms with van der Waals surface area (Å²) in [7, 11) is 0. The first-order chi connectivity index (χ1) is 10.1. The fraction of sp³-hybridized carbons (Fsp3) is 0.625. The first-order valence-corrected chi connectivity index (χ1v) is 7.57. The summed E-state index contributed by atoms with van der Waals surface area (Å²) >= 11 is 0. The minimum atomic E-state index is -0.543. The average Bonchev–Trinajstić information content (AvgIpc) is 2.90. The van der Waals surface area contributed by atoms with Crippen LogP contribution in [0, 0.1) is 11.6 Å². The van der Waals surface area contributed by atoms with E-state index in [0.29, 0.717) is 24.8 Å². The van der Waals surface area contributed by atoms with Crippen LogP contribution in [0.5, 0.6) is 0 Å². The number of rotatable bonds is 3. The molecule has 0 amide bonds. The maximum absolute atomic E-state index is 13.8. The second-order valence-electron chi connectivity index (χ2n) is 5.94. The Morgan fingerprint density at radius 3 is 2.48 bits per heavy atom. The summed E-state index contributed by atoms with van der Waals surface area (Å²) in [6.45, 7) is 3.26. The summed E-state index contributed by atoms with van der Waals surface area (Å²) in [4.78, 5) is 0. The van der Waals surface area contributed by atoms with Crippen LogP contribution in [0.4, 0.5) is 8.78 Å². The van der Waals surface area contributed by atoms with Crippen molar-refractivity contribution >= 4 is 0 Å². The molecule has 2 aliphatic rings. The maximum atomic E-state index is 13.8. The molecule has 0 radical (unpaired) electrons. The Labute approximate surface area is 123 Å². The van der Waals surface area contributed by atoms with Gasteiger partial charge in [0.15, 0.2) is 5.79 Å². The van der Waals surface area contributed by atoms with E-state index in [2.05, 4.69) is 5.32 Å². The van der Waals surface area contributed by atoms with E-state index in [9.17, 15) is 8.78 Å². The Hall–Kier alpha value is -1.04. The molecule has 0 bridgehead atoms. The third-order valence-electron chi connectivity index (χ3n) is 4.48. The van der Waals surface area contributed by atoms with Gasteiger partial charge in [0.05, 0.1) is 13.2 Å². The fourth-order valence-electron chi connectivity index (χ4n) is 3.31. The van der Waals surface area contributed by atoms with Gasteiger partial charge in [0.1, 0.15) is 11.6 Å². The van der Waals surface area contributed by atoms with Crippen molar-refractivity contribution in [3.8, 4) is 0 Å². The maximum Gasteiger partial charge on any atom is 0.168 e. The van der Waals surface area contributed by atoms with Crippen LogP contribution in [-0.4, -0.2) is 25.0 Å². The first kappa shape index (κ1) is 14.9. The van der Waals surface area contributed by atoms with Gasteiger partial charge in [0.2, 0.25) is 0 Å². The van der Waals surface area contributed by atoms with Crippen molar-refractivity contribution in [3.63, 3.8) is 0 Å². The van der Waals surface area contributed by atoms with Gasteiger partial charge in [-0.25, -0.2) is 8.78 Å². The number of ether oxygens (including phenoxy) is 2. The highest BCUT2D eigenvalue weighted by molar-refractivity contribution is 5.21. The van der Waals surface area contributed by atoms with E-state index in [1.165, 1.54) is 12.1 Å². The van der Waals surface area contributed by atoms with Crippen molar-refractivity contribution in [2.75, 3.05) is 13.2 Å². The van der Waals surface area contributed by atoms with Crippen molar-refractivity contribution < 1.29 is 18.3 Å². The summed E-state index contributed by atoms with van der Waals surface area (Å²) in [5.41, 5.74) is 0.505. The monoisotopic (exact) mass is 297 g/mol. The van der Waals surface area contributed by atoms with E-state index < -0.39 is 11.6 Å². The lowest BCUT2D eigenvalue weighted by molar-refractivity contribution is -0.179. The third kappa shape index (κ3) is 3.25. The zero-order valence-electron chi connectivity index (χ0n) is 12.2. The predicted octanol–water partition coefficient (Wildman–Crippen LogP) is 3.30. The minimum Gasteiger partial charge on any atom is -0.348 e. The van der Waals surface area contributed by atoms with Gasteiger partial charge in [-0.05, 0) is 25.8 Å². The highest BCUT2D eigenvalue weighted by Gasteiger charge is 2.40. The third-order valence-corrected chi connectivity index (χ3v) is 4.48. The molecule has 1 aliphatic carbocycles. The van der Waals surface area contributed by atoms with Gasteiger partial charge in [0.25, 0.3) is 0 Å². The van der Waals surface area contributed by atoms with Gasteiger partial charge in [-0.3, -0.25) is 0 Å². The lowest BCUT2D eigenvalue weighted by Crippen LogP contribution is -2.42. The molecule has 116 valence electrons. The van der Waals surface area contributed by atoms with Crippen molar-refractivity contribution in [3.05, 3.63) is 35.4 Å². The Bertz CT molecular complexity index is 493. The van der Waals surface area contributed by atoms with Crippen LogP contribution < -0.4 is 5.32 Å². The SMILES string of the molecule is CC(NC1CCC2(CC1)OCCO2)c1ccc(F)cc1F. The second kappa shape index (κ2) is 5.99. The Morgan fingerprint density at radius 2 is 1.86 bits per heavy atom. The molecule has 1 unspecified atom stereocenters. The molecule has 0 aromatic heterocycles. The van der Waals surface area contributed by atoms with E-state index in [4.69, 9.17) is 9.47 Å². The molecule has 1 spiro atoms. The van der Waals surface area contributed by atoms with E-state index >= 15 is 0 Å². The summed E-state index contributed by atoms with van der Waals surface area (Å²) in [5.74, 6) is -1.41. The van der Waals surface area contributed by atoms with E-state index in [-0.39, 0.29) is 11.8 Å². The summed E-state index contributed by atoms with van der Waals surface area (Å²) in [6.07, 6.45) is 3.60. The molecule has 3 nitrogen and oxygen atoms in total. The van der Waals surface area contributed by atoms with Gasteiger partial charge >= 0.3 is 0 Å². The van der Waals surface area contributed by atoms with Crippen LogP contribution in [0.15, 0.2) is 18.2 Å². The molecule has 1 heterocycles. The number of benzene rings is 1. The Kier molecular flexibility index (Phi) is 4.24. The molecular formula is C16H21F2NO2. The van der Waals surface area contributed by atoms with Crippen molar-refractivity contribution in [2.45, 2.75) is 50.5 Å². The number of halogens is 2. The van der Waals surface area contributed by atoms with Crippen LogP contribution in [0.3, 0.4) is 0 Å². The Morgan fingerprint density at radius 1 is 1.19 bits per heavy atom. The number of hydrogen-bond acceptors (Lipinski definition) is 3. The molecule has 21 heavy (non-hydrogen) atoms. The zero-order chi connectivity index (χ0) is 14.9. The summed E-state index contributed by atoms with van der Waals surface area (Å²) < 4.78 is 38.1. The van der Waals surface area contributed by atoms with Gasteiger partial charge < -0.3 is 14.8 Å². The van der Waals surface area contributed by atoms with Crippen LogP contribution >= 0.6 is 0 Å². The fourth-order valence-corrected chi connectivity index (χ4v) is 3.31. The lowest BCUT2D eigenvalue weighted by atomic mass is 9.89. The molecule has 1 aliphatic heterocycles. The van der Waals surface area contributed by atoms with Crippen LogP contribution in [0.25, 0.3) is 0 Å². The number of hydrogen-bond donors (Lipinski definition) is 1. The predicted molar refractivity (Wildman–Crippen MR) is 74.8 cm³/mol. The molecule has 1 atom stereocenters. The molecule has 1 saturated heterocycles. The van der Waals surface area contributed by atoms with Gasteiger partial charge in [-0.15, -0.1) is 0 Å². The highest BCUT2D eigenvalue weighted by Crippen LogP contribution is 2.36. The summed E-state index contributed by atoms with van der Waals surface area (Å²) in [6, 6.07) is 3.91. The topological polar surface area (TPSA) is 30.5 Å². The molecule has 1 aromatic rings. The zero-order valence-corrected chi connectivity index (χ0v) is 12.2. The number of nitrogens with one attached hydrogen (secondary N) is 1. The molecule has 1 N–H and O–H groups in total. The molecule has 1 aromatic carbocycles. The Balaban J connectivity index is 1.57. The molecule has 2 fully saturated rings. The normalized spacial score (nSPS) is 23.6. The second-order valence-corrected chi connectivity index (χ2v) is 5.94. The van der Waals surface area contributed by atoms with Gasteiger partial charge in [-0.2, -0.15) is 0 Å². The lowest BCUT2D eigenvalue weighted by Gasteiger charge is -2.36. The minimum absolute atomic E-state index is 0.143. The van der Waals surface area contributed by atoms with Crippen LogP contribution in [0.1, 0.15) is 44.2 Å². The van der Waals surface area contributed by atoms with Gasteiger partial charge in [0, 0.05) is 36.6 Å². The molecule has 3 rings (SSSR count). The van der Waals surface area contributed by atoms with E-state index in [0.717, 1.165) is 31.7 Å². The van der Waals surface area contributed by atoms with Crippen molar-refractivity contribution in [1.82, 2.24) is 5.32 Å². The van der Waals surface area contributed by atoms with E-state index in [1.54, 1.807) is 0 Å². The quantitative estimate of drug-likeness (QED) is 0.928. The van der Waals surface area contributed by atoms with Crippen LogP contribution in [-0.2, 0) is 9.47 Å². The van der Waals surface area contributed by atoms with Gasteiger partial charge in [-0.1, -0.05) is 6.07 Å². The largest absolute Gasteiger partial charge is 0.348 e. The summed E-state index contributed by atoms with van der Waals surface area (Å²) in [5, 5.41) is 3.43. The smallest absolute Gasteiger partial charge is 0.168 e. The van der Waals surface area contributed by atoms with Crippen molar-refractivity contribution in [2.24, 2.45) is 0 Å². The van der Waals surface area contributed by atoms with Crippen molar-refractivity contribution in [1.29, 1.82) is 0 Å². The molecule has 5 heteroatoms. The highest BCUT2D eigenvalue weighted by atomic mass is 19.1. The van der Waals surface area contributed by atoms with E-state index in [1.807, 2.05) is 6.92 Å². The first-order valence-electron chi connectivity index (χ1n) is 7.57. The molecule has 1 saturated carbocycles. The standard InChI is InChI=1S/C16H21F2NO2/c1-11(14-3-2-12(17)10-15(14)18)19-13-4-6-16(7-5-13)20-8-9-21-16/h2-3,10-11,13,19H,4-9H2,1H3.